The number of methoxy groups -OCH3 is 1. The van der Waals surface area contributed by atoms with Gasteiger partial charge in [0.15, 0.2) is 6.04 Å². The van der Waals surface area contributed by atoms with E-state index in [1.54, 1.807) is 0 Å². The van der Waals surface area contributed by atoms with Gasteiger partial charge in [0.05, 0.1) is 18.7 Å². The van der Waals surface area contributed by atoms with E-state index >= 15 is 0 Å². The molecule has 8 heteroatoms. The number of benzene rings is 1. The number of hydrogen-bond donors (Lipinski definition) is 3. The Hall–Kier alpha value is -2.28. The van der Waals surface area contributed by atoms with Gasteiger partial charge in [0.2, 0.25) is 11.8 Å². The Morgan fingerprint density at radius 1 is 1.24 bits per heavy atom. The summed E-state index contributed by atoms with van der Waals surface area (Å²) in [7, 11) is 1.44. The molecule has 0 aliphatic carbocycles. The minimum atomic E-state index is -1.28. The van der Waals surface area contributed by atoms with Crippen LogP contribution in [0.1, 0.15) is 38.8 Å². The summed E-state index contributed by atoms with van der Waals surface area (Å²) in [6.07, 6.45) is 0.261. The monoisotopic (exact) mass is 370 g/mol. The molecule has 1 aromatic rings. The first-order chi connectivity index (χ1) is 11.5. The molecule has 0 aromatic heterocycles. The molecule has 0 aliphatic heterocycles. The van der Waals surface area contributed by atoms with Crippen LogP contribution in [0.5, 0.6) is 5.75 Å². The quantitative estimate of drug-likeness (QED) is 0.682. The van der Waals surface area contributed by atoms with E-state index in [0.717, 1.165) is 0 Å². The summed E-state index contributed by atoms with van der Waals surface area (Å²) in [6.45, 7) is 5.41. The van der Waals surface area contributed by atoms with Crippen LogP contribution in [-0.2, 0) is 14.4 Å². The first kappa shape index (κ1) is 20.8. The topological polar surface area (TPSA) is 105 Å². The van der Waals surface area contributed by atoms with Crippen molar-refractivity contribution >= 4 is 29.4 Å². The fourth-order valence-electron chi connectivity index (χ4n) is 2.08. The smallest absolute Gasteiger partial charge is 0.330 e. The van der Waals surface area contributed by atoms with Gasteiger partial charge < -0.3 is 20.5 Å². The van der Waals surface area contributed by atoms with E-state index in [1.165, 1.54) is 25.3 Å². The van der Waals surface area contributed by atoms with Crippen LogP contribution in [-0.4, -0.2) is 36.5 Å². The number of carbonyl (C=O) groups is 3. The molecule has 2 amide bonds. The number of aliphatic carboxylic acids is 1. The molecule has 3 N–H and O–H groups in total. The molecule has 0 aliphatic rings. The van der Waals surface area contributed by atoms with Gasteiger partial charge in [-0.15, -0.1) is 0 Å². The standard InChI is InChI=1S/C17H23ClN2O5/c1-17(2,3)8-13(21)19-9-14(22)20-15(16(23)24)10-5-6-12(25-4)11(18)7-10/h5-7,15H,8-9H2,1-4H3,(H,19,21)(H,20,22)(H,23,24). The van der Waals surface area contributed by atoms with E-state index in [-0.39, 0.29) is 29.3 Å². The van der Waals surface area contributed by atoms with Crippen LogP contribution in [0.3, 0.4) is 0 Å². The average Bonchev–Trinajstić information content (AvgIpc) is 2.48. The van der Waals surface area contributed by atoms with Gasteiger partial charge in [0.25, 0.3) is 0 Å². The molecule has 1 atom stereocenters. The van der Waals surface area contributed by atoms with E-state index in [2.05, 4.69) is 10.6 Å². The highest BCUT2D eigenvalue weighted by Gasteiger charge is 2.23. The summed E-state index contributed by atoms with van der Waals surface area (Å²) < 4.78 is 5.01. The van der Waals surface area contributed by atoms with Gasteiger partial charge in [0, 0.05) is 6.42 Å². The number of hydrogen-bond acceptors (Lipinski definition) is 4. The highest BCUT2D eigenvalue weighted by Crippen LogP contribution is 2.27. The van der Waals surface area contributed by atoms with Crippen LogP contribution in [0.4, 0.5) is 0 Å². The lowest BCUT2D eigenvalue weighted by Gasteiger charge is -2.18. The van der Waals surface area contributed by atoms with Crippen molar-refractivity contribution in [2.24, 2.45) is 5.41 Å². The zero-order chi connectivity index (χ0) is 19.2. The molecule has 1 rings (SSSR count). The number of ether oxygens (including phenoxy) is 1. The van der Waals surface area contributed by atoms with Gasteiger partial charge in [-0.1, -0.05) is 38.4 Å². The Kier molecular flexibility index (Phi) is 7.23. The summed E-state index contributed by atoms with van der Waals surface area (Å²) in [6, 6.07) is 3.15. The minimum absolute atomic E-state index is 0.204. The SMILES string of the molecule is COc1ccc(C(NC(=O)CNC(=O)CC(C)(C)C)C(=O)O)cc1Cl. The first-order valence-corrected chi connectivity index (χ1v) is 8.03. The van der Waals surface area contributed by atoms with E-state index in [1.807, 2.05) is 20.8 Å². The molecule has 0 saturated heterocycles. The van der Waals surface area contributed by atoms with Crippen molar-refractivity contribution in [3.63, 3.8) is 0 Å². The summed E-state index contributed by atoms with van der Waals surface area (Å²) >= 11 is 5.99. The van der Waals surface area contributed by atoms with E-state index in [0.29, 0.717) is 11.3 Å². The molecule has 0 saturated carbocycles. The molecule has 1 unspecified atom stereocenters. The van der Waals surface area contributed by atoms with Crippen molar-refractivity contribution in [1.82, 2.24) is 10.6 Å². The number of nitrogens with one attached hydrogen (secondary N) is 2. The maximum atomic E-state index is 12.0. The van der Waals surface area contributed by atoms with Crippen LogP contribution in [0.15, 0.2) is 18.2 Å². The summed E-state index contributed by atoms with van der Waals surface area (Å²) in [5.74, 6) is -1.73. The van der Waals surface area contributed by atoms with Gasteiger partial charge in [0.1, 0.15) is 5.75 Å². The third-order valence-electron chi connectivity index (χ3n) is 3.20. The summed E-state index contributed by atoms with van der Waals surface area (Å²) in [5, 5.41) is 14.4. The maximum absolute atomic E-state index is 12.0. The van der Waals surface area contributed by atoms with Gasteiger partial charge in [-0.2, -0.15) is 0 Å². The summed E-state index contributed by atoms with van der Waals surface area (Å²) in [5.41, 5.74) is 0.0944. The lowest BCUT2D eigenvalue weighted by atomic mass is 9.92. The second-order valence-electron chi connectivity index (χ2n) is 6.75. The number of rotatable bonds is 7. The summed E-state index contributed by atoms with van der Waals surface area (Å²) in [4.78, 5) is 35.1. The van der Waals surface area contributed by atoms with Gasteiger partial charge in [-0.25, -0.2) is 4.79 Å². The number of carboxylic acids is 1. The zero-order valence-corrected chi connectivity index (χ0v) is 15.4. The molecule has 0 heterocycles. The van der Waals surface area contributed by atoms with Gasteiger partial charge in [-0.05, 0) is 23.1 Å². The van der Waals surface area contributed by atoms with Crippen LogP contribution < -0.4 is 15.4 Å². The molecule has 0 spiro atoms. The van der Waals surface area contributed by atoms with Crippen molar-refractivity contribution in [2.45, 2.75) is 33.2 Å². The number of carboxylic acid groups (broad SMARTS) is 1. The second kappa shape index (κ2) is 8.71. The van der Waals surface area contributed by atoms with Crippen LogP contribution in [0, 0.1) is 5.41 Å². The number of halogens is 1. The van der Waals surface area contributed by atoms with E-state index < -0.39 is 17.9 Å². The van der Waals surface area contributed by atoms with Crippen molar-refractivity contribution in [3.05, 3.63) is 28.8 Å². The molecular formula is C17H23ClN2O5. The Morgan fingerprint density at radius 2 is 1.88 bits per heavy atom. The van der Waals surface area contributed by atoms with Crippen molar-refractivity contribution in [3.8, 4) is 5.75 Å². The Bertz CT molecular complexity index is 655. The molecular weight excluding hydrogens is 348 g/mol. The molecule has 0 radical (unpaired) electrons. The predicted octanol–water partition coefficient (Wildman–Crippen LogP) is 2.14. The van der Waals surface area contributed by atoms with Crippen molar-refractivity contribution < 1.29 is 24.2 Å². The zero-order valence-electron chi connectivity index (χ0n) is 14.7. The number of amides is 2. The van der Waals surface area contributed by atoms with E-state index in [4.69, 9.17) is 16.3 Å². The van der Waals surface area contributed by atoms with Gasteiger partial charge >= 0.3 is 5.97 Å². The molecule has 0 bridgehead atoms. The van der Waals surface area contributed by atoms with Crippen LogP contribution >= 0.6 is 11.6 Å². The third kappa shape index (κ3) is 7.01. The molecule has 7 nitrogen and oxygen atoms in total. The molecule has 0 fully saturated rings. The van der Waals surface area contributed by atoms with Gasteiger partial charge in [-0.3, -0.25) is 9.59 Å². The fraction of sp³-hybridized carbons (Fsp3) is 0.471. The fourth-order valence-corrected chi connectivity index (χ4v) is 2.35. The second-order valence-corrected chi connectivity index (χ2v) is 7.15. The predicted molar refractivity (Wildman–Crippen MR) is 93.6 cm³/mol. The van der Waals surface area contributed by atoms with E-state index in [9.17, 15) is 19.5 Å². The lowest BCUT2D eigenvalue weighted by Crippen LogP contribution is -2.41. The highest BCUT2D eigenvalue weighted by molar-refractivity contribution is 6.32. The lowest BCUT2D eigenvalue weighted by molar-refractivity contribution is -0.142. The van der Waals surface area contributed by atoms with Crippen LogP contribution in [0.2, 0.25) is 5.02 Å². The highest BCUT2D eigenvalue weighted by atomic mass is 35.5. The minimum Gasteiger partial charge on any atom is -0.495 e. The van der Waals surface area contributed by atoms with Crippen molar-refractivity contribution in [1.29, 1.82) is 0 Å². The Morgan fingerprint density at radius 3 is 2.36 bits per heavy atom. The first-order valence-electron chi connectivity index (χ1n) is 7.66. The molecule has 25 heavy (non-hydrogen) atoms. The largest absolute Gasteiger partial charge is 0.495 e. The molecule has 138 valence electrons. The Labute approximate surface area is 151 Å². The van der Waals surface area contributed by atoms with Crippen molar-refractivity contribution in [2.75, 3.05) is 13.7 Å². The van der Waals surface area contributed by atoms with Crippen LogP contribution in [0.25, 0.3) is 0 Å². The normalized spacial score (nSPS) is 12.2. The maximum Gasteiger partial charge on any atom is 0.330 e. The number of carbonyl (C=O) groups excluding carboxylic acids is 2. The molecule has 1 aromatic carbocycles. The third-order valence-corrected chi connectivity index (χ3v) is 3.49. The Balaban J connectivity index is 2.72. The average molecular weight is 371 g/mol.